The third kappa shape index (κ3) is 6.69. The molecule has 0 aromatic heterocycles. The van der Waals surface area contributed by atoms with Gasteiger partial charge in [-0.15, -0.1) is 0 Å². The Morgan fingerprint density at radius 2 is 1.69 bits per heavy atom. The summed E-state index contributed by atoms with van der Waals surface area (Å²) in [7, 11) is 1.59. The van der Waals surface area contributed by atoms with E-state index in [1.54, 1.807) is 11.9 Å². The highest BCUT2D eigenvalue weighted by atomic mass is 79.9. The lowest BCUT2D eigenvalue weighted by Crippen LogP contribution is -2.51. The fourth-order valence-corrected chi connectivity index (χ4v) is 3.70. The van der Waals surface area contributed by atoms with Crippen molar-refractivity contribution >= 4 is 27.7 Å². The van der Waals surface area contributed by atoms with Gasteiger partial charge in [0.15, 0.2) is 6.61 Å². The van der Waals surface area contributed by atoms with Crippen LogP contribution in [0.5, 0.6) is 5.75 Å². The second-order valence-electron chi connectivity index (χ2n) is 7.57. The lowest BCUT2D eigenvalue weighted by molar-refractivity contribution is -0.142. The molecular weight excluding hydrogens is 468 g/mol. The maximum atomic E-state index is 13.3. The van der Waals surface area contributed by atoms with E-state index in [1.165, 1.54) is 0 Å². The van der Waals surface area contributed by atoms with Gasteiger partial charge in [0.1, 0.15) is 11.8 Å². The number of ether oxygens (including phenoxy) is 1. The minimum absolute atomic E-state index is 0.151. The smallest absolute Gasteiger partial charge is 0.261 e. The molecule has 0 aliphatic carbocycles. The summed E-state index contributed by atoms with van der Waals surface area (Å²) in [4.78, 5) is 27.8. The average molecular weight is 495 g/mol. The van der Waals surface area contributed by atoms with Crippen molar-refractivity contribution in [3.05, 3.63) is 100 Å². The standard InChI is InChI=1S/C26H27BrN2O3/c1-19-7-6-10-23(15-19)32-18-25(30)29(17-21-11-13-22(27)14-12-21)24(26(31)28-2)16-20-8-4-3-5-9-20/h3-15,24H,16-18H2,1-2H3,(H,28,31). The molecule has 0 saturated carbocycles. The Kier molecular flexibility index (Phi) is 8.45. The highest BCUT2D eigenvalue weighted by Crippen LogP contribution is 2.18. The number of hydrogen-bond donors (Lipinski definition) is 1. The van der Waals surface area contributed by atoms with Crippen LogP contribution in [-0.4, -0.2) is 36.4 Å². The quantitative estimate of drug-likeness (QED) is 0.475. The van der Waals surface area contributed by atoms with Gasteiger partial charge in [-0.1, -0.05) is 70.5 Å². The monoisotopic (exact) mass is 494 g/mol. The van der Waals surface area contributed by atoms with Crippen LogP contribution in [0, 0.1) is 6.92 Å². The number of hydrogen-bond acceptors (Lipinski definition) is 3. The third-order valence-corrected chi connectivity index (χ3v) is 5.66. The van der Waals surface area contributed by atoms with Crippen molar-refractivity contribution < 1.29 is 14.3 Å². The summed E-state index contributed by atoms with van der Waals surface area (Å²) >= 11 is 3.44. The van der Waals surface area contributed by atoms with Crippen LogP contribution in [0.4, 0.5) is 0 Å². The summed E-state index contributed by atoms with van der Waals surface area (Å²) in [6.45, 7) is 2.12. The number of nitrogens with one attached hydrogen (secondary N) is 1. The number of rotatable bonds is 9. The molecule has 2 amide bonds. The average Bonchev–Trinajstić information content (AvgIpc) is 2.81. The molecule has 5 nitrogen and oxygen atoms in total. The fraction of sp³-hybridized carbons (Fsp3) is 0.231. The third-order valence-electron chi connectivity index (χ3n) is 5.14. The fourth-order valence-electron chi connectivity index (χ4n) is 3.44. The first-order chi connectivity index (χ1) is 15.5. The number of halogens is 1. The number of carbonyl (C=O) groups is 2. The molecule has 3 aromatic carbocycles. The van der Waals surface area contributed by atoms with Crippen molar-refractivity contribution in [2.24, 2.45) is 0 Å². The zero-order valence-electron chi connectivity index (χ0n) is 18.3. The van der Waals surface area contributed by atoms with Gasteiger partial charge in [-0.05, 0) is 47.9 Å². The highest BCUT2D eigenvalue weighted by molar-refractivity contribution is 9.10. The van der Waals surface area contributed by atoms with Gasteiger partial charge in [0.2, 0.25) is 5.91 Å². The summed E-state index contributed by atoms with van der Waals surface area (Å²) < 4.78 is 6.72. The molecule has 0 radical (unpaired) electrons. The summed E-state index contributed by atoms with van der Waals surface area (Å²) in [5.41, 5.74) is 2.96. The van der Waals surface area contributed by atoms with E-state index in [0.29, 0.717) is 18.7 Å². The number of amides is 2. The predicted octanol–water partition coefficient (Wildman–Crippen LogP) is 4.52. The molecule has 32 heavy (non-hydrogen) atoms. The van der Waals surface area contributed by atoms with Crippen LogP contribution < -0.4 is 10.1 Å². The van der Waals surface area contributed by atoms with Crippen molar-refractivity contribution in [2.45, 2.75) is 25.9 Å². The Labute approximate surface area is 197 Å². The molecule has 0 spiro atoms. The molecule has 0 saturated heterocycles. The lowest BCUT2D eigenvalue weighted by atomic mass is 10.0. The first-order valence-electron chi connectivity index (χ1n) is 10.4. The topological polar surface area (TPSA) is 58.6 Å². The second kappa shape index (κ2) is 11.5. The van der Waals surface area contributed by atoms with Gasteiger partial charge in [-0.25, -0.2) is 0 Å². The molecule has 1 N–H and O–H groups in total. The van der Waals surface area contributed by atoms with Gasteiger partial charge in [-0.2, -0.15) is 0 Å². The zero-order valence-corrected chi connectivity index (χ0v) is 19.8. The molecule has 1 unspecified atom stereocenters. The van der Waals surface area contributed by atoms with Crippen LogP contribution in [0.15, 0.2) is 83.3 Å². The zero-order chi connectivity index (χ0) is 22.9. The van der Waals surface area contributed by atoms with Crippen LogP contribution in [-0.2, 0) is 22.6 Å². The first kappa shape index (κ1) is 23.5. The Morgan fingerprint density at radius 3 is 2.34 bits per heavy atom. The number of likely N-dealkylation sites (N-methyl/N-ethyl adjacent to an activating group) is 1. The Hall–Kier alpha value is -3.12. The van der Waals surface area contributed by atoms with Gasteiger partial charge >= 0.3 is 0 Å². The molecule has 1 atom stereocenters. The summed E-state index contributed by atoms with van der Waals surface area (Å²) in [5, 5.41) is 2.72. The van der Waals surface area contributed by atoms with Gasteiger partial charge in [-0.3, -0.25) is 9.59 Å². The molecule has 6 heteroatoms. The lowest BCUT2D eigenvalue weighted by Gasteiger charge is -2.31. The van der Waals surface area contributed by atoms with E-state index in [4.69, 9.17) is 4.74 Å². The van der Waals surface area contributed by atoms with Crippen molar-refractivity contribution in [3.8, 4) is 5.75 Å². The Morgan fingerprint density at radius 1 is 0.969 bits per heavy atom. The van der Waals surface area contributed by atoms with Crippen LogP contribution in [0.2, 0.25) is 0 Å². The van der Waals surface area contributed by atoms with Crippen LogP contribution in [0.1, 0.15) is 16.7 Å². The van der Waals surface area contributed by atoms with E-state index < -0.39 is 6.04 Å². The maximum absolute atomic E-state index is 13.3. The van der Waals surface area contributed by atoms with E-state index in [1.807, 2.05) is 85.8 Å². The molecule has 3 aromatic rings. The van der Waals surface area contributed by atoms with Gasteiger partial charge in [0, 0.05) is 24.5 Å². The van der Waals surface area contributed by atoms with E-state index >= 15 is 0 Å². The van der Waals surface area contributed by atoms with Gasteiger partial charge < -0.3 is 15.0 Å². The second-order valence-corrected chi connectivity index (χ2v) is 8.49. The molecule has 0 heterocycles. The van der Waals surface area contributed by atoms with Gasteiger partial charge in [0.25, 0.3) is 5.91 Å². The number of nitrogens with zero attached hydrogens (tertiary/aromatic N) is 1. The van der Waals surface area contributed by atoms with E-state index in [-0.39, 0.29) is 18.4 Å². The summed E-state index contributed by atoms with van der Waals surface area (Å²) in [6, 6.07) is 24.3. The SMILES string of the molecule is CNC(=O)C(Cc1ccccc1)N(Cc1ccc(Br)cc1)C(=O)COc1cccc(C)c1. The van der Waals surface area contributed by atoms with E-state index in [0.717, 1.165) is 21.2 Å². The minimum atomic E-state index is -0.667. The van der Waals surface area contributed by atoms with Crippen molar-refractivity contribution in [2.75, 3.05) is 13.7 Å². The van der Waals surface area contributed by atoms with Crippen molar-refractivity contribution in [1.29, 1.82) is 0 Å². The molecule has 3 rings (SSSR count). The molecule has 0 fully saturated rings. The maximum Gasteiger partial charge on any atom is 0.261 e. The van der Waals surface area contributed by atoms with Crippen LogP contribution in [0.25, 0.3) is 0 Å². The molecule has 166 valence electrons. The van der Waals surface area contributed by atoms with Gasteiger partial charge in [0.05, 0.1) is 0 Å². The molecule has 0 aliphatic rings. The predicted molar refractivity (Wildman–Crippen MR) is 129 cm³/mol. The number of carbonyl (C=O) groups excluding carboxylic acids is 2. The minimum Gasteiger partial charge on any atom is -0.484 e. The van der Waals surface area contributed by atoms with Crippen molar-refractivity contribution in [3.63, 3.8) is 0 Å². The summed E-state index contributed by atoms with van der Waals surface area (Å²) in [5.74, 6) is 0.162. The number of benzene rings is 3. The normalized spacial score (nSPS) is 11.5. The largest absolute Gasteiger partial charge is 0.484 e. The Balaban J connectivity index is 1.86. The Bertz CT molecular complexity index is 1040. The molecule has 0 aliphatic heterocycles. The van der Waals surface area contributed by atoms with Crippen molar-refractivity contribution in [1.82, 2.24) is 10.2 Å². The van der Waals surface area contributed by atoms with E-state index in [2.05, 4.69) is 21.2 Å². The highest BCUT2D eigenvalue weighted by Gasteiger charge is 2.30. The molecular formula is C26H27BrN2O3. The summed E-state index contributed by atoms with van der Waals surface area (Å²) in [6.07, 6.45) is 0.410. The van der Waals surface area contributed by atoms with Crippen LogP contribution in [0.3, 0.4) is 0 Å². The van der Waals surface area contributed by atoms with Crippen LogP contribution >= 0.6 is 15.9 Å². The van der Waals surface area contributed by atoms with E-state index in [9.17, 15) is 9.59 Å². The molecule has 0 bridgehead atoms. The first-order valence-corrected chi connectivity index (χ1v) is 11.2. The number of aryl methyl sites for hydroxylation is 1.